The smallest absolute Gasteiger partial charge is 0.337 e. The molecule has 96 valence electrons. The number of anilines is 1. The molecule has 0 aromatic heterocycles. The fraction of sp³-hybridized carbons (Fsp3) is 0.333. The molecule has 1 atom stereocenters. The van der Waals surface area contributed by atoms with Gasteiger partial charge in [-0.3, -0.25) is 4.79 Å². The molecular formula is C12H11Br2NO3. The molecular weight excluding hydrogens is 366 g/mol. The summed E-state index contributed by atoms with van der Waals surface area (Å²) in [4.78, 5) is 24.7. The Labute approximate surface area is 121 Å². The lowest BCUT2D eigenvalue weighted by molar-refractivity contribution is -0.117. The zero-order valence-electron chi connectivity index (χ0n) is 9.40. The van der Waals surface area contributed by atoms with Gasteiger partial charge < -0.3 is 10.0 Å². The third-order valence-electron chi connectivity index (χ3n) is 2.90. The molecule has 1 N–H and O–H groups in total. The summed E-state index contributed by atoms with van der Waals surface area (Å²) in [5.41, 5.74) is 0.618. The number of amides is 1. The number of benzene rings is 1. The molecule has 0 bridgehead atoms. The Kier molecular flexibility index (Phi) is 4.07. The Balaban J connectivity index is 2.41. The fourth-order valence-electron chi connectivity index (χ4n) is 2.03. The second-order valence-electron chi connectivity index (χ2n) is 4.20. The molecule has 1 amide bonds. The third-order valence-corrected chi connectivity index (χ3v) is 4.31. The molecule has 0 aliphatic carbocycles. The van der Waals surface area contributed by atoms with Crippen molar-refractivity contribution < 1.29 is 14.7 Å². The summed E-state index contributed by atoms with van der Waals surface area (Å²) < 4.78 is 0.762. The number of rotatable bonds is 3. The van der Waals surface area contributed by atoms with Crippen molar-refractivity contribution in [1.82, 2.24) is 0 Å². The molecule has 18 heavy (non-hydrogen) atoms. The van der Waals surface area contributed by atoms with Crippen molar-refractivity contribution in [3.8, 4) is 0 Å². The van der Waals surface area contributed by atoms with Crippen LogP contribution in [0.4, 0.5) is 5.69 Å². The summed E-state index contributed by atoms with van der Waals surface area (Å²) in [6.45, 7) is 0.556. The maximum atomic E-state index is 11.9. The van der Waals surface area contributed by atoms with Gasteiger partial charge in [0, 0.05) is 22.8 Å². The zero-order chi connectivity index (χ0) is 13.3. The van der Waals surface area contributed by atoms with Gasteiger partial charge in [0.1, 0.15) is 0 Å². The molecule has 1 aliphatic rings. The summed E-state index contributed by atoms with van der Waals surface area (Å²) in [5.74, 6) is -0.814. The number of carboxylic acid groups (broad SMARTS) is 1. The molecule has 4 nitrogen and oxygen atoms in total. The minimum Gasteiger partial charge on any atom is -0.478 e. The van der Waals surface area contributed by atoms with Crippen LogP contribution in [0.15, 0.2) is 22.7 Å². The van der Waals surface area contributed by atoms with Crippen LogP contribution in [0.3, 0.4) is 0 Å². The average molecular weight is 377 g/mol. The van der Waals surface area contributed by atoms with Crippen LogP contribution in [0, 0.1) is 5.92 Å². The van der Waals surface area contributed by atoms with Gasteiger partial charge in [-0.05, 0) is 24.1 Å². The van der Waals surface area contributed by atoms with Crippen LogP contribution in [0.1, 0.15) is 16.8 Å². The van der Waals surface area contributed by atoms with Gasteiger partial charge in [0.25, 0.3) is 0 Å². The quantitative estimate of drug-likeness (QED) is 0.825. The molecule has 2 rings (SSSR count). The number of alkyl halides is 1. The summed E-state index contributed by atoms with van der Waals surface area (Å²) in [6, 6.07) is 4.85. The van der Waals surface area contributed by atoms with Crippen LogP contribution in [0.5, 0.6) is 0 Å². The van der Waals surface area contributed by atoms with E-state index in [0.29, 0.717) is 18.7 Å². The molecule has 6 heteroatoms. The predicted octanol–water partition coefficient (Wildman–Crippen LogP) is 2.90. The Morgan fingerprint density at radius 1 is 1.50 bits per heavy atom. The van der Waals surface area contributed by atoms with Crippen LogP contribution >= 0.6 is 31.9 Å². The summed E-state index contributed by atoms with van der Waals surface area (Å²) in [7, 11) is 0. The van der Waals surface area contributed by atoms with Crippen LogP contribution in [-0.2, 0) is 4.79 Å². The van der Waals surface area contributed by atoms with Gasteiger partial charge in [-0.1, -0.05) is 31.9 Å². The first-order chi connectivity index (χ1) is 8.52. The van der Waals surface area contributed by atoms with Crippen LogP contribution in [0.2, 0.25) is 0 Å². The average Bonchev–Trinajstić information content (AvgIpc) is 2.70. The number of halogens is 2. The predicted molar refractivity (Wildman–Crippen MR) is 75.4 cm³/mol. The summed E-state index contributed by atoms with van der Waals surface area (Å²) in [5, 5.41) is 9.91. The van der Waals surface area contributed by atoms with E-state index in [1.54, 1.807) is 17.0 Å². The molecule has 1 aromatic rings. The van der Waals surface area contributed by atoms with Crippen molar-refractivity contribution in [3.05, 3.63) is 28.2 Å². The number of hydrogen-bond donors (Lipinski definition) is 1. The lowest BCUT2D eigenvalue weighted by Crippen LogP contribution is -2.26. The van der Waals surface area contributed by atoms with E-state index in [1.165, 1.54) is 6.07 Å². The van der Waals surface area contributed by atoms with Crippen molar-refractivity contribution in [2.45, 2.75) is 6.42 Å². The van der Waals surface area contributed by atoms with Crippen LogP contribution in [-0.4, -0.2) is 28.9 Å². The lowest BCUT2D eigenvalue weighted by atomic mass is 10.1. The summed E-state index contributed by atoms with van der Waals surface area (Å²) in [6.07, 6.45) is 0.455. The van der Waals surface area contributed by atoms with Crippen molar-refractivity contribution in [2.24, 2.45) is 5.92 Å². The Bertz CT molecular complexity index is 504. The molecule has 1 fully saturated rings. The highest BCUT2D eigenvalue weighted by molar-refractivity contribution is 9.10. The zero-order valence-corrected chi connectivity index (χ0v) is 12.6. The first-order valence-electron chi connectivity index (χ1n) is 5.42. The maximum Gasteiger partial charge on any atom is 0.337 e. The van der Waals surface area contributed by atoms with Crippen molar-refractivity contribution in [3.63, 3.8) is 0 Å². The normalized spacial score (nSPS) is 19.3. The van der Waals surface area contributed by atoms with E-state index in [4.69, 9.17) is 5.11 Å². The minimum absolute atomic E-state index is 0.0277. The molecule has 0 spiro atoms. The Morgan fingerprint density at radius 2 is 2.22 bits per heavy atom. The highest BCUT2D eigenvalue weighted by Gasteiger charge is 2.32. The maximum absolute atomic E-state index is 11.9. The first-order valence-corrected chi connectivity index (χ1v) is 7.33. The molecule has 1 aliphatic heterocycles. The van der Waals surface area contributed by atoms with E-state index in [2.05, 4.69) is 31.9 Å². The number of hydrogen-bond acceptors (Lipinski definition) is 2. The van der Waals surface area contributed by atoms with Crippen molar-refractivity contribution in [2.75, 3.05) is 16.8 Å². The second-order valence-corrected chi connectivity index (χ2v) is 5.76. The van der Waals surface area contributed by atoms with E-state index in [-0.39, 0.29) is 17.4 Å². The topological polar surface area (TPSA) is 57.6 Å². The van der Waals surface area contributed by atoms with Crippen molar-refractivity contribution in [1.29, 1.82) is 0 Å². The van der Waals surface area contributed by atoms with Gasteiger partial charge in [0.05, 0.1) is 11.3 Å². The number of carboxylic acids is 1. The third kappa shape index (κ3) is 2.59. The van der Waals surface area contributed by atoms with E-state index in [9.17, 15) is 9.59 Å². The molecule has 1 saturated heterocycles. The largest absolute Gasteiger partial charge is 0.478 e. The highest BCUT2D eigenvalue weighted by Crippen LogP contribution is 2.31. The van der Waals surface area contributed by atoms with Gasteiger partial charge in [-0.2, -0.15) is 0 Å². The van der Waals surface area contributed by atoms with Gasteiger partial charge >= 0.3 is 5.97 Å². The minimum atomic E-state index is -1.02. The Hall–Kier alpha value is -0.880. The van der Waals surface area contributed by atoms with Gasteiger partial charge in [-0.15, -0.1) is 0 Å². The number of carbonyl (C=O) groups is 2. The monoisotopic (exact) mass is 375 g/mol. The van der Waals surface area contributed by atoms with E-state index in [1.807, 2.05) is 0 Å². The van der Waals surface area contributed by atoms with Crippen molar-refractivity contribution >= 4 is 49.4 Å². The second kappa shape index (κ2) is 5.40. The molecule has 0 saturated carbocycles. The van der Waals surface area contributed by atoms with Crippen LogP contribution in [0.25, 0.3) is 0 Å². The van der Waals surface area contributed by atoms with E-state index >= 15 is 0 Å². The number of carbonyl (C=O) groups excluding carboxylic acids is 1. The first kappa shape index (κ1) is 13.5. The van der Waals surface area contributed by atoms with Gasteiger partial charge in [0.15, 0.2) is 0 Å². The SMILES string of the molecule is O=C(O)c1ccc(Br)cc1N1CC(CBr)CC1=O. The summed E-state index contributed by atoms with van der Waals surface area (Å²) >= 11 is 6.67. The van der Waals surface area contributed by atoms with E-state index < -0.39 is 5.97 Å². The standard InChI is InChI=1S/C12H11Br2NO3/c13-5-7-3-11(16)15(6-7)10-4-8(14)1-2-9(10)12(17)18/h1-2,4,7H,3,5-6H2,(H,17,18). The number of nitrogens with zero attached hydrogens (tertiary/aromatic N) is 1. The molecule has 0 radical (unpaired) electrons. The Morgan fingerprint density at radius 3 is 2.78 bits per heavy atom. The van der Waals surface area contributed by atoms with Gasteiger partial charge in [-0.25, -0.2) is 4.79 Å². The number of aromatic carboxylic acids is 1. The lowest BCUT2D eigenvalue weighted by Gasteiger charge is -2.19. The van der Waals surface area contributed by atoms with E-state index in [0.717, 1.165) is 9.80 Å². The van der Waals surface area contributed by atoms with Crippen LogP contribution < -0.4 is 4.90 Å². The molecule has 1 unspecified atom stereocenters. The van der Waals surface area contributed by atoms with Gasteiger partial charge in [0.2, 0.25) is 5.91 Å². The molecule has 1 heterocycles. The molecule has 1 aromatic carbocycles. The highest BCUT2D eigenvalue weighted by atomic mass is 79.9. The fourth-order valence-corrected chi connectivity index (χ4v) is 2.81.